The van der Waals surface area contributed by atoms with E-state index in [1.807, 2.05) is 12.2 Å². The van der Waals surface area contributed by atoms with Crippen LogP contribution in [0.25, 0.3) is 0 Å². The van der Waals surface area contributed by atoms with Crippen LogP contribution in [0.4, 0.5) is 0 Å². The Bertz CT molecular complexity index is 325. The van der Waals surface area contributed by atoms with E-state index in [1.165, 1.54) is 30.4 Å². The molecule has 2 aliphatic carbocycles. The van der Waals surface area contributed by atoms with Gasteiger partial charge in [0.15, 0.2) is 0 Å². The standard InChI is InChI=1S/C12H14O2/c1-3-7-11-9(5-1)10-6-2-4-8-12(10)14-13-11/h1,3,5,7,11-12H,2,4,6,8H2. The lowest BCUT2D eigenvalue weighted by Gasteiger charge is -2.34. The zero-order valence-electron chi connectivity index (χ0n) is 8.11. The van der Waals surface area contributed by atoms with Crippen molar-refractivity contribution in [1.29, 1.82) is 0 Å². The van der Waals surface area contributed by atoms with E-state index in [0.29, 0.717) is 0 Å². The van der Waals surface area contributed by atoms with Crippen LogP contribution in [-0.4, -0.2) is 12.2 Å². The summed E-state index contributed by atoms with van der Waals surface area (Å²) in [4.78, 5) is 10.8. The van der Waals surface area contributed by atoms with Gasteiger partial charge in [-0.1, -0.05) is 24.6 Å². The van der Waals surface area contributed by atoms with Crippen LogP contribution in [-0.2, 0) is 9.78 Å². The van der Waals surface area contributed by atoms with Crippen LogP contribution in [0.5, 0.6) is 0 Å². The first-order valence-electron chi connectivity index (χ1n) is 5.35. The molecule has 2 heteroatoms. The van der Waals surface area contributed by atoms with Crippen molar-refractivity contribution in [3.63, 3.8) is 0 Å². The minimum Gasteiger partial charge on any atom is -0.228 e. The normalized spacial score (nSPS) is 35.4. The summed E-state index contributed by atoms with van der Waals surface area (Å²) in [7, 11) is 0. The topological polar surface area (TPSA) is 18.5 Å². The Hall–Kier alpha value is -0.860. The number of hydrogen-bond donors (Lipinski definition) is 0. The molecule has 1 aliphatic heterocycles. The van der Waals surface area contributed by atoms with Crippen LogP contribution in [0.2, 0.25) is 0 Å². The third-order valence-corrected chi connectivity index (χ3v) is 3.18. The van der Waals surface area contributed by atoms with E-state index >= 15 is 0 Å². The molecule has 0 radical (unpaired) electrons. The molecule has 3 aliphatic rings. The van der Waals surface area contributed by atoms with Crippen molar-refractivity contribution in [2.75, 3.05) is 0 Å². The molecule has 2 nitrogen and oxygen atoms in total. The molecule has 1 saturated carbocycles. The molecule has 0 saturated heterocycles. The molecule has 0 amide bonds. The first-order chi connectivity index (χ1) is 6.95. The molecular weight excluding hydrogens is 176 g/mol. The Labute approximate surface area is 83.8 Å². The quantitative estimate of drug-likeness (QED) is 0.547. The van der Waals surface area contributed by atoms with Crippen molar-refractivity contribution < 1.29 is 9.78 Å². The molecular formula is C12H14O2. The number of rotatable bonds is 0. The van der Waals surface area contributed by atoms with Gasteiger partial charge in [-0.25, -0.2) is 9.78 Å². The average Bonchev–Trinajstić information content (AvgIpc) is 2.29. The maximum absolute atomic E-state index is 5.41. The Morgan fingerprint density at radius 2 is 2.14 bits per heavy atom. The Morgan fingerprint density at radius 3 is 3.14 bits per heavy atom. The number of allylic oxidation sites excluding steroid dienone is 2. The van der Waals surface area contributed by atoms with Gasteiger partial charge < -0.3 is 0 Å². The molecule has 0 bridgehead atoms. The van der Waals surface area contributed by atoms with E-state index in [9.17, 15) is 0 Å². The van der Waals surface area contributed by atoms with Gasteiger partial charge in [0, 0.05) is 0 Å². The summed E-state index contributed by atoms with van der Waals surface area (Å²) < 4.78 is 0. The molecule has 2 unspecified atom stereocenters. The maximum Gasteiger partial charge on any atom is 0.137 e. The zero-order chi connectivity index (χ0) is 9.38. The predicted molar refractivity (Wildman–Crippen MR) is 53.5 cm³/mol. The molecule has 0 aromatic rings. The van der Waals surface area contributed by atoms with Gasteiger partial charge in [-0.05, 0) is 36.5 Å². The van der Waals surface area contributed by atoms with Gasteiger partial charge in [0.25, 0.3) is 0 Å². The Kier molecular flexibility index (Phi) is 2.03. The first kappa shape index (κ1) is 8.45. The molecule has 2 atom stereocenters. The third kappa shape index (κ3) is 1.26. The second-order valence-electron chi connectivity index (χ2n) is 4.07. The van der Waals surface area contributed by atoms with Crippen molar-refractivity contribution in [2.45, 2.75) is 37.9 Å². The van der Waals surface area contributed by atoms with Gasteiger partial charge in [0.05, 0.1) is 0 Å². The molecule has 0 spiro atoms. The van der Waals surface area contributed by atoms with E-state index in [-0.39, 0.29) is 12.2 Å². The maximum atomic E-state index is 5.41. The van der Waals surface area contributed by atoms with Gasteiger partial charge in [-0.3, -0.25) is 0 Å². The summed E-state index contributed by atoms with van der Waals surface area (Å²) in [6, 6.07) is 0. The van der Waals surface area contributed by atoms with Crippen LogP contribution < -0.4 is 0 Å². The van der Waals surface area contributed by atoms with Gasteiger partial charge in [-0.2, -0.15) is 0 Å². The van der Waals surface area contributed by atoms with Gasteiger partial charge in [-0.15, -0.1) is 0 Å². The van der Waals surface area contributed by atoms with Gasteiger partial charge >= 0.3 is 0 Å². The van der Waals surface area contributed by atoms with Crippen molar-refractivity contribution in [3.8, 4) is 0 Å². The van der Waals surface area contributed by atoms with E-state index in [4.69, 9.17) is 9.78 Å². The Balaban J connectivity index is 2.00. The lowest BCUT2D eigenvalue weighted by Crippen LogP contribution is -2.32. The SMILES string of the molecule is C1=CC2=C3CCCCC3OOC2C=C1. The van der Waals surface area contributed by atoms with Crippen LogP contribution in [0.15, 0.2) is 35.5 Å². The van der Waals surface area contributed by atoms with E-state index in [1.54, 1.807) is 0 Å². The van der Waals surface area contributed by atoms with Crippen LogP contribution in [0, 0.1) is 0 Å². The minimum atomic E-state index is 0.0457. The monoisotopic (exact) mass is 190 g/mol. The summed E-state index contributed by atoms with van der Waals surface area (Å²) in [5.41, 5.74) is 2.80. The van der Waals surface area contributed by atoms with Crippen molar-refractivity contribution in [2.24, 2.45) is 0 Å². The lowest BCUT2D eigenvalue weighted by molar-refractivity contribution is -0.338. The summed E-state index contributed by atoms with van der Waals surface area (Å²) in [5.74, 6) is 0. The molecule has 0 aromatic heterocycles. The van der Waals surface area contributed by atoms with Crippen LogP contribution in [0.1, 0.15) is 25.7 Å². The largest absolute Gasteiger partial charge is 0.228 e. The van der Waals surface area contributed by atoms with Crippen molar-refractivity contribution in [1.82, 2.24) is 0 Å². The highest BCUT2D eigenvalue weighted by Crippen LogP contribution is 2.36. The van der Waals surface area contributed by atoms with Crippen molar-refractivity contribution in [3.05, 3.63) is 35.5 Å². The number of fused-ring (bicyclic) bond motifs is 2. The summed E-state index contributed by atoms with van der Waals surface area (Å²) in [6.07, 6.45) is 13.4. The molecule has 0 aromatic carbocycles. The third-order valence-electron chi connectivity index (χ3n) is 3.18. The molecule has 14 heavy (non-hydrogen) atoms. The second-order valence-corrected chi connectivity index (χ2v) is 4.07. The zero-order valence-corrected chi connectivity index (χ0v) is 8.11. The highest BCUT2D eigenvalue weighted by atomic mass is 17.2. The lowest BCUT2D eigenvalue weighted by atomic mass is 9.85. The smallest absolute Gasteiger partial charge is 0.137 e. The fourth-order valence-corrected chi connectivity index (χ4v) is 2.44. The van der Waals surface area contributed by atoms with Gasteiger partial charge in [0.1, 0.15) is 12.2 Å². The fraction of sp³-hybridized carbons (Fsp3) is 0.500. The van der Waals surface area contributed by atoms with E-state index in [2.05, 4.69) is 12.2 Å². The van der Waals surface area contributed by atoms with Crippen LogP contribution >= 0.6 is 0 Å². The summed E-state index contributed by atoms with van der Waals surface area (Å²) >= 11 is 0. The summed E-state index contributed by atoms with van der Waals surface area (Å²) in [5, 5.41) is 0. The highest BCUT2D eigenvalue weighted by molar-refractivity contribution is 5.41. The second kappa shape index (κ2) is 3.37. The molecule has 1 heterocycles. The first-order valence-corrected chi connectivity index (χ1v) is 5.35. The average molecular weight is 190 g/mol. The predicted octanol–water partition coefficient (Wildman–Crippen LogP) is 2.68. The summed E-state index contributed by atoms with van der Waals surface area (Å²) in [6.45, 7) is 0. The van der Waals surface area contributed by atoms with Crippen molar-refractivity contribution >= 4 is 0 Å². The van der Waals surface area contributed by atoms with E-state index in [0.717, 1.165) is 6.42 Å². The number of hydrogen-bond acceptors (Lipinski definition) is 2. The molecule has 0 N–H and O–H groups in total. The van der Waals surface area contributed by atoms with E-state index < -0.39 is 0 Å². The Morgan fingerprint density at radius 1 is 1.14 bits per heavy atom. The highest BCUT2D eigenvalue weighted by Gasteiger charge is 2.31. The van der Waals surface area contributed by atoms with Gasteiger partial charge in [0.2, 0.25) is 0 Å². The van der Waals surface area contributed by atoms with Crippen LogP contribution in [0.3, 0.4) is 0 Å². The molecule has 1 fully saturated rings. The fourth-order valence-electron chi connectivity index (χ4n) is 2.44. The molecule has 3 rings (SSSR count). The minimum absolute atomic E-state index is 0.0457. The molecule has 74 valence electrons.